The van der Waals surface area contributed by atoms with Gasteiger partial charge in [-0.15, -0.1) is 0 Å². The van der Waals surface area contributed by atoms with Crippen molar-refractivity contribution in [1.29, 1.82) is 0 Å². The van der Waals surface area contributed by atoms with Gasteiger partial charge in [0.1, 0.15) is 12.4 Å². The first-order valence-corrected chi connectivity index (χ1v) is 3.35. The summed E-state index contributed by atoms with van der Waals surface area (Å²) in [7, 11) is 0. The molecule has 0 bridgehead atoms. The molecule has 1 aliphatic rings. The van der Waals surface area contributed by atoms with Crippen molar-refractivity contribution in [2.75, 3.05) is 6.61 Å². The van der Waals surface area contributed by atoms with Gasteiger partial charge in [-0.1, -0.05) is 24.3 Å². The fourth-order valence-corrected chi connectivity index (χ4v) is 1.06. The van der Waals surface area contributed by atoms with Gasteiger partial charge in [0.25, 0.3) is 0 Å². The van der Waals surface area contributed by atoms with Gasteiger partial charge in [0.05, 0.1) is 0 Å². The molecule has 1 aromatic carbocycles. The van der Waals surface area contributed by atoms with Gasteiger partial charge in [-0.25, -0.2) is 0 Å². The Morgan fingerprint density at radius 3 is 2.54 bits per heavy atom. The second-order valence-corrected chi connectivity index (χ2v) is 2.25. The van der Waals surface area contributed by atoms with E-state index in [1.165, 1.54) is 5.56 Å². The average Bonchev–Trinajstić information content (AvgIpc) is 2.05. The number of para-hydroxylation sites is 1. The molecule has 1 nitrogen and oxygen atoms in total. The molecular formula is C9H11AlNiOTi. The van der Waals surface area contributed by atoms with Crippen LogP contribution >= 0.6 is 0 Å². The molecule has 2 rings (SSSR count). The fourth-order valence-electron chi connectivity index (χ4n) is 1.06. The molecule has 0 N–H and O–H groups in total. The van der Waals surface area contributed by atoms with Crippen LogP contribution < -0.4 is 4.74 Å². The Balaban J connectivity index is 0. The van der Waals surface area contributed by atoms with Crippen molar-refractivity contribution >= 4 is 23.4 Å². The van der Waals surface area contributed by atoms with E-state index >= 15 is 0 Å². The Bertz CT molecular complexity index is 278. The van der Waals surface area contributed by atoms with Crippen molar-refractivity contribution in [2.24, 2.45) is 0 Å². The summed E-state index contributed by atoms with van der Waals surface area (Å²) in [5.74, 6) is 0.991. The molecule has 0 atom stereocenters. The second-order valence-electron chi connectivity index (χ2n) is 2.25. The molecule has 0 spiro atoms. The van der Waals surface area contributed by atoms with Gasteiger partial charge in [-0.05, 0) is 12.1 Å². The van der Waals surface area contributed by atoms with E-state index in [4.69, 9.17) is 4.74 Å². The minimum Gasteiger partial charge on any atom is -0.489 e. The normalized spacial score (nSPS) is 10.8. The third-order valence-corrected chi connectivity index (χ3v) is 1.55. The van der Waals surface area contributed by atoms with Gasteiger partial charge >= 0.3 is 0 Å². The molecule has 0 radical (unpaired) electrons. The van der Waals surface area contributed by atoms with Crippen LogP contribution in [0.1, 0.15) is 5.56 Å². The summed E-state index contributed by atoms with van der Waals surface area (Å²) in [5.41, 5.74) is 1.17. The van der Waals surface area contributed by atoms with Crippen LogP contribution in [0.15, 0.2) is 30.3 Å². The van der Waals surface area contributed by atoms with Gasteiger partial charge in [0, 0.05) is 43.8 Å². The van der Waals surface area contributed by atoms with Crippen molar-refractivity contribution in [3.8, 4) is 5.75 Å². The Morgan fingerprint density at radius 2 is 1.85 bits per heavy atom. The topological polar surface area (TPSA) is 9.23 Å². The van der Waals surface area contributed by atoms with Crippen LogP contribution in [0, 0.1) is 0 Å². The number of rotatable bonds is 0. The molecule has 1 aromatic rings. The van der Waals surface area contributed by atoms with Gasteiger partial charge in [0.15, 0.2) is 17.4 Å². The average molecular weight is 269 g/mol. The molecule has 1 aliphatic heterocycles. The molecule has 0 saturated heterocycles. The summed E-state index contributed by atoms with van der Waals surface area (Å²) in [6, 6.07) is 8.03. The van der Waals surface area contributed by atoms with Crippen molar-refractivity contribution in [2.45, 2.75) is 0 Å². The van der Waals surface area contributed by atoms with Crippen LogP contribution in [0.5, 0.6) is 5.75 Å². The molecule has 0 saturated carbocycles. The van der Waals surface area contributed by atoms with E-state index in [1.54, 1.807) is 0 Å². The van der Waals surface area contributed by atoms with Crippen LogP contribution in [-0.4, -0.2) is 24.0 Å². The zero-order valence-electron chi connectivity index (χ0n) is 6.40. The smallest absolute Gasteiger partial charge is 0.187 e. The molecular weight excluding hydrogens is 258 g/mol. The largest absolute Gasteiger partial charge is 0.489 e. The predicted octanol–water partition coefficient (Wildman–Crippen LogP) is 0.903. The third kappa shape index (κ3) is 4.03. The van der Waals surface area contributed by atoms with E-state index in [2.05, 4.69) is 6.08 Å². The SMILES string of the molecule is C1=Cc2ccccc2OC1.[AlH3].[Ni].[Ti]. The predicted molar refractivity (Wildman–Crippen MR) is 50.9 cm³/mol. The monoisotopic (exact) mass is 268 g/mol. The Labute approximate surface area is 114 Å². The summed E-state index contributed by atoms with van der Waals surface area (Å²) in [6.07, 6.45) is 4.10. The van der Waals surface area contributed by atoms with Crippen LogP contribution in [0.3, 0.4) is 0 Å². The van der Waals surface area contributed by atoms with Crippen LogP contribution in [0.2, 0.25) is 0 Å². The van der Waals surface area contributed by atoms with Gasteiger partial charge in [-0.3, -0.25) is 0 Å². The van der Waals surface area contributed by atoms with Crippen LogP contribution in [0.4, 0.5) is 0 Å². The van der Waals surface area contributed by atoms with Gasteiger partial charge < -0.3 is 4.74 Å². The van der Waals surface area contributed by atoms with E-state index in [-0.39, 0.29) is 55.6 Å². The van der Waals surface area contributed by atoms with Gasteiger partial charge in [-0.2, -0.15) is 0 Å². The van der Waals surface area contributed by atoms with Crippen molar-refractivity contribution in [3.05, 3.63) is 35.9 Å². The maximum absolute atomic E-state index is 5.34. The first kappa shape index (κ1) is 16.0. The van der Waals surface area contributed by atoms with E-state index in [1.807, 2.05) is 30.3 Å². The van der Waals surface area contributed by atoms with E-state index < -0.39 is 0 Å². The zero-order valence-corrected chi connectivity index (χ0v) is 8.94. The quantitative estimate of drug-likeness (QED) is 0.636. The Hall–Kier alpha value is 0.500. The standard InChI is InChI=1S/C9H8O.Al.Ni.Ti.3H/c1-2-6-9-8(4-1)5-3-7-10-9;;;;;;/h1-6H,7H2;;;;;;. The summed E-state index contributed by atoms with van der Waals surface area (Å²) in [6.45, 7) is 0.705. The summed E-state index contributed by atoms with van der Waals surface area (Å²) in [5, 5.41) is 0. The first-order valence-electron chi connectivity index (χ1n) is 3.35. The minimum atomic E-state index is 0. The van der Waals surface area contributed by atoms with E-state index in [0.717, 1.165) is 5.75 Å². The molecule has 0 aliphatic carbocycles. The summed E-state index contributed by atoms with van der Waals surface area (Å²) in [4.78, 5) is 0. The molecule has 4 heteroatoms. The third-order valence-electron chi connectivity index (χ3n) is 1.55. The molecule has 0 unspecified atom stereocenters. The van der Waals surface area contributed by atoms with Gasteiger partial charge in [0.2, 0.25) is 0 Å². The van der Waals surface area contributed by atoms with Crippen LogP contribution in [-0.2, 0) is 38.2 Å². The van der Waals surface area contributed by atoms with Crippen molar-refractivity contribution in [3.63, 3.8) is 0 Å². The number of benzene rings is 1. The van der Waals surface area contributed by atoms with E-state index in [0.29, 0.717) is 6.61 Å². The van der Waals surface area contributed by atoms with Crippen LogP contribution in [0.25, 0.3) is 6.08 Å². The minimum absolute atomic E-state index is 0. The molecule has 0 aromatic heterocycles. The fraction of sp³-hybridized carbons (Fsp3) is 0.111. The molecule has 13 heavy (non-hydrogen) atoms. The summed E-state index contributed by atoms with van der Waals surface area (Å²) < 4.78 is 5.34. The maximum Gasteiger partial charge on any atom is 0.187 e. The Morgan fingerprint density at radius 1 is 1.15 bits per heavy atom. The van der Waals surface area contributed by atoms with Crippen molar-refractivity contribution < 1.29 is 42.9 Å². The number of ether oxygens (including phenoxy) is 1. The second kappa shape index (κ2) is 7.86. The van der Waals surface area contributed by atoms with E-state index in [9.17, 15) is 0 Å². The Kier molecular flexibility index (Phi) is 9.65. The molecule has 0 fully saturated rings. The molecule has 1 heterocycles. The number of fused-ring (bicyclic) bond motifs is 1. The first-order chi connectivity index (χ1) is 4.97. The maximum atomic E-state index is 5.34. The molecule has 0 amide bonds. The number of hydrogen-bond donors (Lipinski definition) is 0. The molecule has 70 valence electrons. The zero-order chi connectivity index (χ0) is 6.81. The number of hydrogen-bond acceptors (Lipinski definition) is 1. The summed E-state index contributed by atoms with van der Waals surface area (Å²) >= 11 is 0. The van der Waals surface area contributed by atoms with Crippen molar-refractivity contribution in [1.82, 2.24) is 0 Å².